The summed E-state index contributed by atoms with van der Waals surface area (Å²) in [5, 5.41) is 9.03. The summed E-state index contributed by atoms with van der Waals surface area (Å²) in [5.41, 5.74) is -0.102. The van der Waals surface area contributed by atoms with Gasteiger partial charge in [0, 0.05) is 13.1 Å². The first kappa shape index (κ1) is 13.6. The van der Waals surface area contributed by atoms with Gasteiger partial charge in [0.05, 0.1) is 6.61 Å². The number of carbonyl (C=O) groups is 1. The van der Waals surface area contributed by atoms with Gasteiger partial charge in [0.1, 0.15) is 11.6 Å². The summed E-state index contributed by atoms with van der Waals surface area (Å²) >= 11 is 5.95. The minimum Gasteiger partial charge on any atom is -0.461 e. The second-order valence-corrected chi connectivity index (χ2v) is 4.42. The highest BCUT2D eigenvalue weighted by Crippen LogP contribution is 2.23. The molecule has 100 valence electrons. The Kier molecular flexibility index (Phi) is 4.17. The number of rotatable bonds is 3. The molecule has 1 aliphatic rings. The van der Waals surface area contributed by atoms with Crippen LogP contribution in [0, 0.1) is 11.3 Å². The van der Waals surface area contributed by atoms with E-state index in [9.17, 15) is 4.79 Å². The van der Waals surface area contributed by atoms with Crippen LogP contribution in [0.1, 0.15) is 35.8 Å². The fourth-order valence-corrected chi connectivity index (χ4v) is 2.13. The predicted octanol–water partition coefficient (Wildman–Crippen LogP) is 1.78. The number of hydrogen-bond acceptors (Lipinski definition) is 6. The lowest BCUT2D eigenvalue weighted by Gasteiger charge is -2.16. The predicted molar refractivity (Wildman–Crippen MR) is 69.2 cm³/mol. The summed E-state index contributed by atoms with van der Waals surface area (Å²) in [5.74, 6) is -0.270. The van der Waals surface area contributed by atoms with Gasteiger partial charge in [-0.1, -0.05) is 11.6 Å². The molecule has 0 atom stereocenters. The largest absolute Gasteiger partial charge is 0.461 e. The Balaban J connectivity index is 2.44. The monoisotopic (exact) mass is 280 g/mol. The van der Waals surface area contributed by atoms with Crippen LogP contribution in [-0.4, -0.2) is 35.6 Å². The first-order valence-electron chi connectivity index (χ1n) is 6.07. The lowest BCUT2D eigenvalue weighted by atomic mass is 10.2. The molecule has 7 heteroatoms. The zero-order valence-corrected chi connectivity index (χ0v) is 11.3. The van der Waals surface area contributed by atoms with E-state index in [1.807, 2.05) is 11.0 Å². The average Bonchev–Trinajstić information content (AvgIpc) is 2.92. The van der Waals surface area contributed by atoms with Crippen molar-refractivity contribution in [3.8, 4) is 6.07 Å². The third kappa shape index (κ3) is 2.76. The van der Waals surface area contributed by atoms with Crippen molar-refractivity contribution in [1.29, 1.82) is 5.26 Å². The molecule has 2 rings (SSSR count). The SMILES string of the molecule is CCOC(=O)c1nc(N2CCCC2)nc(Cl)c1C#N. The molecule has 0 radical (unpaired) electrons. The van der Waals surface area contributed by atoms with Crippen LogP contribution in [0.2, 0.25) is 5.15 Å². The highest BCUT2D eigenvalue weighted by Gasteiger charge is 2.23. The molecule has 1 fully saturated rings. The van der Waals surface area contributed by atoms with Gasteiger partial charge in [0.15, 0.2) is 10.8 Å². The lowest BCUT2D eigenvalue weighted by molar-refractivity contribution is 0.0519. The molecule has 1 saturated heterocycles. The van der Waals surface area contributed by atoms with E-state index in [1.54, 1.807) is 6.92 Å². The molecule has 1 aromatic rings. The van der Waals surface area contributed by atoms with Gasteiger partial charge in [-0.2, -0.15) is 10.2 Å². The number of nitriles is 1. The molecule has 0 spiro atoms. The Bertz CT molecular complexity index is 535. The molecular formula is C12H13ClN4O2. The Hall–Kier alpha value is -1.87. The Morgan fingerprint density at radius 3 is 2.74 bits per heavy atom. The fraction of sp³-hybridized carbons (Fsp3) is 0.500. The van der Waals surface area contributed by atoms with Crippen molar-refractivity contribution in [2.45, 2.75) is 19.8 Å². The van der Waals surface area contributed by atoms with Crippen molar-refractivity contribution in [2.24, 2.45) is 0 Å². The summed E-state index contributed by atoms with van der Waals surface area (Å²) < 4.78 is 4.89. The van der Waals surface area contributed by atoms with Crippen molar-refractivity contribution in [2.75, 3.05) is 24.6 Å². The van der Waals surface area contributed by atoms with Crippen LogP contribution in [0.15, 0.2) is 0 Å². The van der Waals surface area contributed by atoms with Crippen LogP contribution in [0.5, 0.6) is 0 Å². The third-order valence-electron chi connectivity index (χ3n) is 2.82. The second-order valence-electron chi connectivity index (χ2n) is 4.06. The number of aromatic nitrogens is 2. The summed E-state index contributed by atoms with van der Waals surface area (Å²) in [6.45, 7) is 3.55. The van der Waals surface area contributed by atoms with Gasteiger partial charge in [0.2, 0.25) is 5.95 Å². The van der Waals surface area contributed by atoms with E-state index < -0.39 is 5.97 Å². The maximum atomic E-state index is 11.8. The highest BCUT2D eigenvalue weighted by atomic mass is 35.5. The first-order valence-corrected chi connectivity index (χ1v) is 6.45. The van der Waals surface area contributed by atoms with Crippen LogP contribution in [0.3, 0.4) is 0 Å². The molecule has 0 saturated carbocycles. The van der Waals surface area contributed by atoms with E-state index in [-0.39, 0.29) is 23.0 Å². The highest BCUT2D eigenvalue weighted by molar-refractivity contribution is 6.31. The van der Waals surface area contributed by atoms with Crippen molar-refractivity contribution in [3.05, 3.63) is 16.4 Å². The average molecular weight is 281 g/mol. The number of carbonyl (C=O) groups excluding carboxylic acids is 1. The van der Waals surface area contributed by atoms with E-state index >= 15 is 0 Å². The van der Waals surface area contributed by atoms with Crippen molar-refractivity contribution in [1.82, 2.24) is 9.97 Å². The van der Waals surface area contributed by atoms with Gasteiger partial charge < -0.3 is 9.64 Å². The number of nitrogens with zero attached hydrogens (tertiary/aromatic N) is 4. The van der Waals surface area contributed by atoms with E-state index in [2.05, 4.69) is 9.97 Å². The number of anilines is 1. The standard InChI is InChI=1S/C12H13ClN4O2/c1-2-19-11(18)9-8(7-14)10(13)16-12(15-9)17-5-3-4-6-17/h2-6H2,1H3. The smallest absolute Gasteiger partial charge is 0.358 e. The zero-order valence-electron chi connectivity index (χ0n) is 10.5. The fourth-order valence-electron chi connectivity index (χ4n) is 1.93. The maximum Gasteiger partial charge on any atom is 0.358 e. The third-order valence-corrected chi connectivity index (χ3v) is 3.10. The number of hydrogen-bond donors (Lipinski definition) is 0. The number of ether oxygens (including phenoxy) is 1. The normalized spacial score (nSPS) is 14.3. The quantitative estimate of drug-likeness (QED) is 0.620. The molecular weight excluding hydrogens is 268 g/mol. The van der Waals surface area contributed by atoms with E-state index in [0.717, 1.165) is 25.9 Å². The van der Waals surface area contributed by atoms with Gasteiger partial charge in [0.25, 0.3) is 0 Å². The van der Waals surface area contributed by atoms with Crippen molar-refractivity contribution < 1.29 is 9.53 Å². The van der Waals surface area contributed by atoms with Gasteiger partial charge in [-0.15, -0.1) is 0 Å². The van der Waals surface area contributed by atoms with Crippen LogP contribution >= 0.6 is 11.6 Å². The molecule has 0 amide bonds. The topological polar surface area (TPSA) is 79.1 Å². The summed E-state index contributed by atoms with van der Waals surface area (Å²) in [4.78, 5) is 22.0. The number of esters is 1. The molecule has 6 nitrogen and oxygen atoms in total. The number of halogens is 1. The molecule has 2 heterocycles. The Morgan fingerprint density at radius 1 is 1.47 bits per heavy atom. The second kappa shape index (κ2) is 5.85. The van der Waals surface area contributed by atoms with Gasteiger partial charge in [-0.25, -0.2) is 9.78 Å². The van der Waals surface area contributed by atoms with E-state index in [1.165, 1.54) is 0 Å². The molecule has 0 bridgehead atoms. The summed E-state index contributed by atoms with van der Waals surface area (Å²) in [6, 6.07) is 1.84. The summed E-state index contributed by atoms with van der Waals surface area (Å²) in [7, 11) is 0. The van der Waals surface area contributed by atoms with Gasteiger partial charge in [-0.3, -0.25) is 0 Å². The van der Waals surface area contributed by atoms with E-state index in [4.69, 9.17) is 21.6 Å². The van der Waals surface area contributed by atoms with Crippen LogP contribution in [0.25, 0.3) is 0 Å². The molecule has 1 aliphatic heterocycles. The van der Waals surface area contributed by atoms with Crippen molar-refractivity contribution >= 4 is 23.5 Å². The Labute approximate surface area is 116 Å². The van der Waals surface area contributed by atoms with Crippen molar-refractivity contribution in [3.63, 3.8) is 0 Å². The van der Waals surface area contributed by atoms with Gasteiger partial charge >= 0.3 is 5.97 Å². The maximum absolute atomic E-state index is 11.8. The zero-order chi connectivity index (χ0) is 13.8. The molecule has 0 unspecified atom stereocenters. The molecule has 0 aromatic carbocycles. The van der Waals surface area contributed by atoms with Crippen LogP contribution in [-0.2, 0) is 4.74 Å². The minimum atomic E-state index is -0.649. The van der Waals surface area contributed by atoms with E-state index in [0.29, 0.717) is 5.95 Å². The molecule has 19 heavy (non-hydrogen) atoms. The van der Waals surface area contributed by atoms with Crippen LogP contribution in [0.4, 0.5) is 5.95 Å². The molecule has 0 aliphatic carbocycles. The minimum absolute atomic E-state index is 0.0116. The first-order chi connectivity index (χ1) is 9.17. The lowest BCUT2D eigenvalue weighted by Crippen LogP contribution is -2.23. The Morgan fingerprint density at radius 2 is 2.16 bits per heavy atom. The van der Waals surface area contributed by atoms with Crippen LogP contribution < -0.4 is 4.90 Å². The molecule has 0 N–H and O–H groups in total. The van der Waals surface area contributed by atoms with Gasteiger partial charge in [-0.05, 0) is 19.8 Å². The molecule has 1 aromatic heterocycles. The summed E-state index contributed by atoms with van der Waals surface area (Å²) in [6.07, 6.45) is 2.10.